The molecule has 0 radical (unpaired) electrons. The summed E-state index contributed by atoms with van der Waals surface area (Å²) in [4.78, 5) is 13.5. The van der Waals surface area contributed by atoms with Crippen molar-refractivity contribution in [3.05, 3.63) is 29.6 Å². The highest BCUT2D eigenvalue weighted by molar-refractivity contribution is 5.84. The van der Waals surface area contributed by atoms with Crippen LogP contribution in [0.1, 0.15) is 24.8 Å². The first-order chi connectivity index (χ1) is 10.7. The summed E-state index contributed by atoms with van der Waals surface area (Å²) < 4.78 is 55.9. The zero-order valence-corrected chi connectivity index (χ0v) is 12.6. The predicted molar refractivity (Wildman–Crippen MR) is 74.6 cm³/mol. The molecule has 23 heavy (non-hydrogen) atoms. The number of nitrogens with zero attached hydrogens (tertiary/aromatic N) is 1. The molecular weight excluding hydrogens is 314 g/mol. The molecule has 1 heterocycles. The molecule has 1 aliphatic heterocycles. The number of hydrogen-bond acceptors (Lipinski definition) is 2. The number of carbonyl (C=O) groups excluding carboxylic acids is 1. The summed E-state index contributed by atoms with van der Waals surface area (Å²) in [6, 6.07) is 4.21. The summed E-state index contributed by atoms with van der Waals surface area (Å²) in [6.07, 6.45) is -4.21. The monoisotopic (exact) mass is 331 g/mol. The first kappa shape index (κ1) is 16.1. The van der Waals surface area contributed by atoms with E-state index in [1.54, 1.807) is 6.07 Å². The van der Waals surface area contributed by atoms with E-state index in [1.807, 2.05) is 0 Å². The van der Waals surface area contributed by atoms with Gasteiger partial charge in [0.2, 0.25) is 5.91 Å². The molecule has 0 aromatic heterocycles. The van der Waals surface area contributed by atoms with E-state index in [4.69, 9.17) is 4.74 Å². The largest absolute Gasteiger partial charge is 0.493 e. The molecule has 0 unspecified atom stereocenters. The average Bonchev–Trinajstić information content (AvgIpc) is 3.19. The number of benzene rings is 1. The number of hydrogen-bond donors (Lipinski definition) is 0. The Kier molecular flexibility index (Phi) is 3.77. The third kappa shape index (κ3) is 3.01. The molecule has 0 bridgehead atoms. The Bertz CT molecular complexity index is 631. The molecule has 0 N–H and O–H groups in total. The van der Waals surface area contributed by atoms with Gasteiger partial charge < -0.3 is 9.64 Å². The second-order valence-corrected chi connectivity index (χ2v) is 6.28. The first-order valence-corrected chi connectivity index (χ1v) is 7.47. The zero-order valence-electron chi connectivity index (χ0n) is 12.6. The molecule has 1 fully saturated rings. The Hall–Kier alpha value is -1.79. The van der Waals surface area contributed by atoms with E-state index in [0.29, 0.717) is 30.8 Å². The molecule has 1 aliphatic carbocycles. The Morgan fingerprint density at radius 3 is 2.87 bits per heavy atom. The van der Waals surface area contributed by atoms with Crippen LogP contribution < -0.4 is 4.74 Å². The van der Waals surface area contributed by atoms with Crippen LogP contribution in [0.5, 0.6) is 5.75 Å². The third-order valence-electron chi connectivity index (χ3n) is 4.76. The SMILES string of the molecule is CN(CCC(F)(F)F)C(=O)[C@H]1C[C@@]12CCOc1ccc(F)cc12. The summed E-state index contributed by atoms with van der Waals surface area (Å²) in [5.74, 6) is -0.556. The fourth-order valence-corrected chi connectivity index (χ4v) is 3.37. The van der Waals surface area contributed by atoms with Crippen LogP contribution in [-0.2, 0) is 10.2 Å². The fourth-order valence-electron chi connectivity index (χ4n) is 3.37. The van der Waals surface area contributed by atoms with Gasteiger partial charge in [0.15, 0.2) is 0 Å². The van der Waals surface area contributed by atoms with Gasteiger partial charge in [0.1, 0.15) is 11.6 Å². The normalized spacial score (nSPS) is 25.7. The third-order valence-corrected chi connectivity index (χ3v) is 4.76. The van der Waals surface area contributed by atoms with Crippen molar-refractivity contribution in [2.45, 2.75) is 30.9 Å². The van der Waals surface area contributed by atoms with Crippen molar-refractivity contribution in [1.29, 1.82) is 0 Å². The number of carbonyl (C=O) groups is 1. The van der Waals surface area contributed by atoms with E-state index < -0.39 is 29.7 Å². The summed E-state index contributed by atoms with van der Waals surface area (Å²) in [7, 11) is 1.38. The van der Waals surface area contributed by atoms with Gasteiger partial charge in [-0.05, 0) is 31.0 Å². The number of rotatable bonds is 3. The minimum atomic E-state index is -4.29. The van der Waals surface area contributed by atoms with E-state index in [1.165, 1.54) is 19.2 Å². The van der Waals surface area contributed by atoms with Crippen LogP contribution in [0.4, 0.5) is 17.6 Å². The van der Waals surface area contributed by atoms with Crippen LogP contribution in [0.2, 0.25) is 0 Å². The van der Waals surface area contributed by atoms with Gasteiger partial charge in [-0.15, -0.1) is 0 Å². The van der Waals surface area contributed by atoms with Crippen LogP contribution in [-0.4, -0.2) is 37.2 Å². The maximum absolute atomic E-state index is 13.5. The van der Waals surface area contributed by atoms with Gasteiger partial charge >= 0.3 is 6.18 Å². The number of halogens is 4. The Balaban J connectivity index is 1.74. The van der Waals surface area contributed by atoms with E-state index >= 15 is 0 Å². The minimum Gasteiger partial charge on any atom is -0.493 e. The average molecular weight is 331 g/mol. The van der Waals surface area contributed by atoms with Gasteiger partial charge in [0, 0.05) is 30.5 Å². The van der Waals surface area contributed by atoms with Crippen molar-refractivity contribution in [2.75, 3.05) is 20.2 Å². The van der Waals surface area contributed by atoms with E-state index in [-0.39, 0.29) is 12.5 Å². The quantitative estimate of drug-likeness (QED) is 0.796. The molecule has 2 aliphatic rings. The molecule has 2 atom stereocenters. The highest BCUT2D eigenvalue weighted by atomic mass is 19.4. The van der Waals surface area contributed by atoms with E-state index in [9.17, 15) is 22.4 Å². The van der Waals surface area contributed by atoms with Gasteiger partial charge in [-0.25, -0.2) is 4.39 Å². The lowest BCUT2D eigenvalue weighted by molar-refractivity contribution is -0.144. The number of ether oxygens (including phenoxy) is 1. The highest BCUT2D eigenvalue weighted by Crippen LogP contribution is 2.61. The summed E-state index contributed by atoms with van der Waals surface area (Å²) in [5, 5.41) is 0. The predicted octanol–water partition coefficient (Wildman–Crippen LogP) is 3.28. The molecule has 1 aromatic carbocycles. The minimum absolute atomic E-state index is 0.314. The Morgan fingerprint density at radius 1 is 1.43 bits per heavy atom. The summed E-state index contributed by atoms with van der Waals surface area (Å²) in [5.41, 5.74) is 0.172. The van der Waals surface area contributed by atoms with Crippen LogP contribution in [0.15, 0.2) is 18.2 Å². The lowest BCUT2D eigenvalue weighted by atomic mass is 9.87. The molecule has 126 valence electrons. The van der Waals surface area contributed by atoms with Crippen molar-refractivity contribution in [3.63, 3.8) is 0 Å². The van der Waals surface area contributed by atoms with Crippen molar-refractivity contribution in [3.8, 4) is 5.75 Å². The Labute approximate surface area is 131 Å². The van der Waals surface area contributed by atoms with Gasteiger partial charge in [0.05, 0.1) is 13.0 Å². The van der Waals surface area contributed by atoms with Gasteiger partial charge in [0.25, 0.3) is 0 Å². The Morgan fingerprint density at radius 2 is 2.17 bits per heavy atom. The number of fused-ring (bicyclic) bond motifs is 2. The zero-order chi connectivity index (χ0) is 16.8. The molecule has 1 spiro atoms. The van der Waals surface area contributed by atoms with Crippen molar-refractivity contribution >= 4 is 5.91 Å². The first-order valence-electron chi connectivity index (χ1n) is 7.47. The number of amides is 1. The van der Waals surface area contributed by atoms with Crippen molar-refractivity contribution in [2.24, 2.45) is 5.92 Å². The molecule has 1 amide bonds. The second kappa shape index (κ2) is 5.39. The van der Waals surface area contributed by atoms with Crippen LogP contribution in [0.3, 0.4) is 0 Å². The molecule has 1 saturated carbocycles. The maximum Gasteiger partial charge on any atom is 0.390 e. The lowest BCUT2D eigenvalue weighted by Gasteiger charge is -2.28. The molecular formula is C16H17F4NO2. The second-order valence-electron chi connectivity index (χ2n) is 6.28. The molecule has 0 saturated heterocycles. The van der Waals surface area contributed by atoms with Gasteiger partial charge in [-0.1, -0.05) is 0 Å². The van der Waals surface area contributed by atoms with Crippen molar-refractivity contribution < 1.29 is 27.1 Å². The standard InChI is InChI=1S/C16H17F4NO2/c1-21(6-4-16(18,19)20)14(22)12-9-15(12)5-7-23-13-3-2-10(17)8-11(13)15/h2-3,8,12H,4-7,9H2,1H3/t12-,15-/m1/s1. The van der Waals surface area contributed by atoms with Crippen LogP contribution in [0, 0.1) is 11.7 Å². The maximum atomic E-state index is 13.5. The molecule has 1 aromatic rings. The van der Waals surface area contributed by atoms with Crippen LogP contribution >= 0.6 is 0 Å². The van der Waals surface area contributed by atoms with Crippen LogP contribution in [0.25, 0.3) is 0 Å². The number of alkyl halides is 3. The van der Waals surface area contributed by atoms with Crippen molar-refractivity contribution in [1.82, 2.24) is 4.90 Å². The lowest BCUT2D eigenvalue weighted by Crippen LogP contribution is -2.34. The summed E-state index contributed by atoms with van der Waals surface area (Å²) >= 11 is 0. The topological polar surface area (TPSA) is 29.5 Å². The van der Waals surface area contributed by atoms with Gasteiger partial charge in [-0.3, -0.25) is 4.79 Å². The van der Waals surface area contributed by atoms with E-state index in [0.717, 1.165) is 4.90 Å². The highest BCUT2D eigenvalue weighted by Gasteiger charge is 2.61. The van der Waals surface area contributed by atoms with Gasteiger partial charge in [-0.2, -0.15) is 13.2 Å². The fraction of sp³-hybridized carbons (Fsp3) is 0.562. The smallest absolute Gasteiger partial charge is 0.390 e. The summed E-state index contributed by atoms with van der Waals surface area (Å²) in [6.45, 7) is 0.0656. The molecule has 3 nitrogen and oxygen atoms in total. The van der Waals surface area contributed by atoms with E-state index in [2.05, 4.69) is 0 Å². The molecule has 7 heteroatoms. The molecule has 3 rings (SSSR count).